The number of fused-ring (bicyclic) bond motifs is 1. The van der Waals surface area contributed by atoms with Gasteiger partial charge in [0.05, 0.1) is 6.54 Å². The Morgan fingerprint density at radius 3 is 2.86 bits per heavy atom. The number of halogens is 1. The van der Waals surface area contributed by atoms with Crippen molar-refractivity contribution in [2.45, 2.75) is 19.4 Å². The van der Waals surface area contributed by atoms with Gasteiger partial charge in [0.1, 0.15) is 5.52 Å². The molecule has 1 aromatic carbocycles. The van der Waals surface area contributed by atoms with Gasteiger partial charge in [0, 0.05) is 11.1 Å². The van der Waals surface area contributed by atoms with Crippen LogP contribution in [0.3, 0.4) is 0 Å². The van der Waals surface area contributed by atoms with E-state index in [2.05, 4.69) is 25.4 Å². The van der Waals surface area contributed by atoms with Crippen LogP contribution in [0, 0.1) is 0 Å². The summed E-state index contributed by atoms with van der Waals surface area (Å²) >= 11 is 5.92. The van der Waals surface area contributed by atoms with E-state index in [0.29, 0.717) is 34.6 Å². The van der Waals surface area contributed by atoms with Crippen LogP contribution in [0.4, 0.5) is 12.0 Å². The lowest BCUT2D eigenvalue weighted by atomic mass is 10.3. The molecule has 114 valence electrons. The average molecular weight is 320 g/mol. The Kier molecular flexibility index (Phi) is 3.44. The largest absolute Gasteiger partial charge is 0.423 e. The zero-order valence-electron chi connectivity index (χ0n) is 11.8. The van der Waals surface area contributed by atoms with Crippen LogP contribution >= 0.6 is 11.6 Å². The van der Waals surface area contributed by atoms with Gasteiger partial charge in [-0.25, -0.2) is 0 Å². The molecule has 0 aliphatic carbocycles. The van der Waals surface area contributed by atoms with Crippen molar-refractivity contribution in [3.63, 3.8) is 0 Å². The van der Waals surface area contributed by atoms with Crippen molar-refractivity contribution in [2.24, 2.45) is 0 Å². The molecule has 1 aliphatic rings. The number of nitrogens with one attached hydrogen (secondary N) is 1. The summed E-state index contributed by atoms with van der Waals surface area (Å²) in [5, 5.41) is 11.5. The Morgan fingerprint density at radius 1 is 1.14 bits per heavy atom. The second-order valence-corrected chi connectivity index (χ2v) is 5.68. The van der Waals surface area contributed by atoms with Crippen LogP contribution < -0.4 is 5.32 Å². The molecule has 1 saturated heterocycles. The molecular formula is C14H14ClN5O2. The van der Waals surface area contributed by atoms with E-state index in [1.54, 1.807) is 18.2 Å². The molecule has 0 amide bonds. The van der Waals surface area contributed by atoms with Gasteiger partial charge < -0.3 is 8.83 Å². The van der Waals surface area contributed by atoms with Gasteiger partial charge in [-0.05, 0) is 38.1 Å². The van der Waals surface area contributed by atoms with E-state index in [9.17, 15) is 0 Å². The SMILES string of the molecule is Clc1ccc2nc(Nc3nnc(CN4CCCC4)o3)oc2c1. The number of likely N-dealkylation sites (tertiary alicyclic amines) is 1. The fourth-order valence-corrected chi connectivity index (χ4v) is 2.71. The van der Waals surface area contributed by atoms with E-state index >= 15 is 0 Å². The zero-order chi connectivity index (χ0) is 14.9. The molecule has 3 heterocycles. The predicted molar refractivity (Wildman–Crippen MR) is 81.1 cm³/mol. The number of aromatic nitrogens is 3. The molecular weight excluding hydrogens is 306 g/mol. The molecule has 0 saturated carbocycles. The molecule has 2 aromatic heterocycles. The number of hydrogen-bond donors (Lipinski definition) is 1. The summed E-state index contributed by atoms with van der Waals surface area (Å²) in [6.45, 7) is 2.84. The minimum absolute atomic E-state index is 0.270. The summed E-state index contributed by atoms with van der Waals surface area (Å²) in [7, 11) is 0. The molecule has 0 radical (unpaired) electrons. The maximum Gasteiger partial charge on any atom is 0.323 e. The summed E-state index contributed by atoms with van der Waals surface area (Å²) < 4.78 is 11.1. The number of benzene rings is 1. The quantitative estimate of drug-likeness (QED) is 0.790. The van der Waals surface area contributed by atoms with Crippen LogP contribution in [0.1, 0.15) is 18.7 Å². The van der Waals surface area contributed by atoms with E-state index in [1.807, 2.05) is 0 Å². The molecule has 0 spiro atoms. The third-order valence-corrected chi connectivity index (χ3v) is 3.82. The number of anilines is 2. The van der Waals surface area contributed by atoms with Gasteiger partial charge in [-0.3, -0.25) is 10.2 Å². The maximum absolute atomic E-state index is 5.92. The van der Waals surface area contributed by atoms with E-state index in [1.165, 1.54) is 12.8 Å². The first kappa shape index (κ1) is 13.5. The minimum atomic E-state index is 0.270. The Bertz CT molecular complexity index is 793. The van der Waals surface area contributed by atoms with E-state index in [4.69, 9.17) is 20.4 Å². The smallest absolute Gasteiger partial charge is 0.323 e. The van der Waals surface area contributed by atoms with Gasteiger partial charge in [0.15, 0.2) is 5.58 Å². The van der Waals surface area contributed by atoms with Gasteiger partial charge >= 0.3 is 12.0 Å². The van der Waals surface area contributed by atoms with Gasteiger partial charge in [0.25, 0.3) is 0 Å². The molecule has 1 aliphatic heterocycles. The molecule has 0 bridgehead atoms. The highest BCUT2D eigenvalue weighted by Crippen LogP contribution is 2.24. The summed E-state index contributed by atoms with van der Waals surface area (Å²) in [4.78, 5) is 6.58. The summed E-state index contributed by atoms with van der Waals surface area (Å²) in [6, 6.07) is 5.83. The first-order valence-corrected chi connectivity index (χ1v) is 7.52. The zero-order valence-corrected chi connectivity index (χ0v) is 12.5. The summed E-state index contributed by atoms with van der Waals surface area (Å²) in [6.07, 6.45) is 2.45. The molecule has 3 aromatic rings. The van der Waals surface area contributed by atoms with E-state index in [0.717, 1.165) is 13.1 Å². The molecule has 0 unspecified atom stereocenters. The highest BCUT2D eigenvalue weighted by atomic mass is 35.5. The van der Waals surface area contributed by atoms with Crippen LogP contribution in [-0.4, -0.2) is 33.2 Å². The van der Waals surface area contributed by atoms with Gasteiger partial charge in [-0.1, -0.05) is 16.7 Å². The lowest BCUT2D eigenvalue weighted by Gasteiger charge is -2.10. The highest BCUT2D eigenvalue weighted by Gasteiger charge is 2.16. The fraction of sp³-hybridized carbons (Fsp3) is 0.357. The summed E-state index contributed by atoms with van der Waals surface area (Å²) in [5.74, 6) is 0.587. The average Bonchev–Trinajstić information content (AvgIpc) is 3.20. The van der Waals surface area contributed by atoms with Crippen molar-refractivity contribution < 1.29 is 8.83 Å². The number of nitrogens with zero attached hydrogens (tertiary/aromatic N) is 4. The van der Waals surface area contributed by atoms with E-state index < -0.39 is 0 Å². The number of rotatable bonds is 4. The first-order chi connectivity index (χ1) is 10.8. The highest BCUT2D eigenvalue weighted by molar-refractivity contribution is 6.31. The van der Waals surface area contributed by atoms with Crippen LogP contribution in [0.5, 0.6) is 0 Å². The molecule has 7 nitrogen and oxygen atoms in total. The van der Waals surface area contributed by atoms with Gasteiger partial charge in [-0.2, -0.15) is 4.98 Å². The first-order valence-electron chi connectivity index (χ1n) is 7.14. The normalized spacial score (nSPS) is 15.7. The number of oxazole rings is 1. The second-order valence-electron chi connectivity index (χ2n) is 5.24. The molecule has 0 atom stereocenters. The third-order valence-electron chi connectivity index (χ3n) is 3.59. The lowest BCUT2D eigenvalue weighted by molar-refractivity contribution is 0.292. The summed E-state index contributed by atoms with van der Waals surface area (Å²) in [5.41, 5.74) is 1.32. The minimum Gasteiger partial charge on any atom is -0.423 e. The van der Waals surface area contributed by atoms with Crippen LogP contribution in [-0.2, 0) is 6.54 Å². The van der Waals surface area contributed by atoms with Crippen LogP contribution in [0.2, 0.25) is 5.02 Å². The molecule has 1 fully saturated rings. The van der Waals surface area contributed by atoms with Gasteiger partial charge in [-0.15, -0.1) is 5.10 Å². The van der Waals surface area contributed by atoms with Crippen molar-refractivity contribution in [3.8, 4) is 0 Å². The van der Waals surface area contributed by atoms with Crippen LogP contribution in [0.25, 0.3) is 11.1 Å². The third kappa shape index (κ3) is 2.77. The topological polar surface area (TPSA) is 80.2 Å². The Balaban J connectivity index is 1.48. The Morgan fingerprint density at radius 2 is 2.00 bits per heavy atom. The molecule has 4 rings (SSSR count). The van der Waals surface area contributed by atoms with Gasteiger partial charge in [0.2, 0.25) is 5.89 Å². The monoisotopic (exact) mass is 319 g/mol. The molecule has 8 heteroatoms. The van der Waals surface area contributed by atoms with E-state index in [-0.39, 0.29) is 6.01 Å². The van der Waals surface area contributed by atoms with Crippen molar-refractivity contribution in [1.82, 2.24) is 20.1 Å². The number of hydrogen-bond acceptors (Lipinski definition) is 7. The molecule has 1 N–H and O–H groups in total. The second kappa shape index (κ2) is 5.58. The van der Waals surface area contributed by atoms with Crippen molar-refractivity contribution >= 4 is 34.7 Å². The lowest BCUT2D eigenvalue weighted by Crippen LogP contribution is -2.18. The fourth-order valence-electron chi connectivity index (χ4n) is 2.54. The standard InChI is InChI=1S/C14H14ClN5O2/c15-9-3-4-10-11(7-9)21-13(16-10)17-14-19-18-12(22-14)8-20-5-1-2-6-20/h3-4,7H,1-2,5-6,8H2,(H,16,17,19). The Hall–Kier alpha value is -2.12. The molecule has 22 heavy (non-hydrogen) atoms. The van der Waals surface area contributed by atoms with Crippen molar-refractivity contribution in [3.05, 3.63) is 29.1 Å². The van der Waals surface area contributed by atoms with Crippen molar-refractivity contribution in [2.75, 3.05) is 18.4 Å². The Labute approximate surface area is 131 Å². The predicted octanol–water partition coefficient (Wildman–Crippen LogP) is 3.20. The van der Waals surface area contributed by atoms with Crippen LogP contribution in [0.15, 0.2) is 27.0 Å². The van der Waals surface area contributed by atoms with Crippen molar-refractivity contribution in [1.29, 1.82) is 0 Å². The maximum atomic E-state index is 5.92.